The molecule has 0 N–H and O–H groups in total. The average Bonchev–Trinajstić information content (AvgIpc) is 3.18. The van der Waals surface area contributed by atoms with E-state index in [2.05, 4.69) is 15.2 Å². The molecule has 1 saturated heterocycles. The first kappa shape index (κ1) is 19.9. The van der Waals surface area contributed by atoms with Gasteiger partial charge in [0.1, 0.15) is 11.7 Å². The highest BCUT2D eigenvalue weighted by Crippen LogP contribution is 2.37. The van der Waals surface area contributed by atoms with Crippen LogP contribution >= 0.6 is 11.6 Å². The van der Waals surface area contributed by atoms with Crippen LogP contribution in [0.25, 0.3) is 11.5 Å². The molecule has 0 spiro atoms. The Morgan fingerprint density at radius 2 is 2.13 bits per heavy atom. The number of methoxy groups -OCH3 is 1. The quantitative estimate of drug-likeness (QED) is 0.618. The third kappa shape index (κ3) is 3.07. The standard InChI is InChI=1S/C21H19ClFN5O3/c1-11-4-3-5-13(16(11)22)21(29)28-12-8-27-19(14(28)10-31-9-12)25-26-20(27)18-17(23)15(30-2)6-7-24-18/h3-7,12,14H,8-10H2,1-2H3/t12-,14-/m1/s1. The second-order valence-electron chi connectivity index (χ2n) is 7.52. The van der Waals surface area contributed by atoms with E-state index >= 15 is 0 Å². The molecule has 10 heteroatoms. The molecule has 0 aliphatic carbocycles. The lowest BCUT2D eigenvalue weighted by Gasteiger charge is -2.45. The second-order valence-corrected chi connectivity index (χ2v) is 7.90. The summed E-state index contributed by atoms with van der Waals surface area (Å²) in [5.74, 6) is 0.101. The second kappa shape index (κ2) is 7.58. The largest absolute Gasteiger partial charge is 0.494 e. The Labute approximate surface area is 182 Å². The van der Waals surface area contributed by atoms with Gasteiger partial charge in [0.15, 0.2) is 23.2 Å². The maximum Gasteiger partial charge on any atom is 0.256 e. The lowest BCUT2D eigenvalue weighted by Crippen LogP contribution is -2.56. The normalized spacial score (nSPS) is 19.8. The van der Waals surface area contributed by atoms with Gasteiger partial charge >= 0.3 is 0 Å². The molecule has 0 saturated carbocycles. The molecule has 31 heavy (non-hydrogen) atoms. The number of halogens is 2. The zero-order valence-electron chi connectivity index (χ0n) is 16.9. The van der Waals surface area contributed by atoms with Gasteiger partial charge < -0.3 is 18.9 Å². The molecule has 4 heterocycles. The summed E-state index contributed by atoms with van der Waals surface area (Å²) in [5.41, 5.74) is 1.32. The van der Waals surface area contributed by atoms with Gasteiger partial charge in [-0.2, -0.15) is 0 Å². The molecule has 2 aliphatic rings. The highest BCUT2D eigenvalue weighted by atomic mass is 35.5. The minimum absolute atomic E-state index is 0.0543. The molecule has 3 aromatic rings. The van der Waals surface area contributed by atoms with Crippen LogP contribution in [0.3, 0.4) is 0 Å². The van der Waals surface area contributed by atoms with Crippen LogP contribution in [0.5, 0.6) is 5.75 Å². The molecular weight excluding hydrogens is 425 g/mol. The number of hydrogen-bond acceptors (Lipinski definition) is 6. The number of hydrogen-bond donors (Lipinski definition) is 0. The van der Waals surface area contributed by atoms with Crippen molar-refractivity contribution in [2.45, 2.75) is 25.6 Å². The van der Waals surface area contributed by atoms with Crippen molar-refractivity contribution in [2.75, 3.05) is 20.3 Å². The van der Waals surface area contributed by atoms with Crippen LogP contribution in [-0.2, 0) is 11.3 Å². The number of fused-ring (bicyclic) bond motifs is 4. The minimum Gasteiger partial charge on any atom is -0.494 e. The summed E-state index contributed by atoms with van der Waals surface area (Å²) < 4.78 is 27.4. The summed E-state index contributed by atoms with van der Waals surface area (Å²) in [5, 5.41) is 8.91. The number of carbonyl (C=O) groups is 1. The van der Waals surface area contributed by atoms with Gasteiger partial charge in [-0.15, -0.1) is 10.2 Å². The smallest absolute Gasteiger partial charge is 0.256 e. The van der Waals surface area contributed by atoms with E-state index < -0.39 is 11.9 Å². The Kier molecular flexibility index (Phi) is 4.86. The summed E-state index contributed by atoms with van der Waals surface area (Å²) in [6.45, 7) is 2.81. The highest BCUT2D eigenvalue weighted by molar-refractivity contribution is 6.34. The van der Waals surface area contributed by atoms with Gasteiger partial charge in [-0.25, -0.2) is 9.37 Å². The molecule has 1 amide bonds. The van der Waals surface area contributed by atoms with E-state index in [1.165, 1.54) is 19.4 Å². The number of ether oxygens (including phenoxy) is 2. The van der Waals surface area contributed by atoms with Crippen LogP contribution in [0.4, 0.5) is 4.39 Å². The fourth-order valence-corrected chi connectivity index (χ4v) is 4.40. The molecule has 2 aliphatic heterocycles. The first-order valence-corrected chi connectivity index (χ1v) is 10.2. The number of benzene rings is 1. The Balaban J connectivity index is 1.57. The van der Waals surface area contributed by atoms with Crippen LogP contribution in [-0.4, -0.2) is 56.9 Å². The van der Waals surface area contributed by atoms with Crippen molar-refractivity contribution in [3.05, 3.63) is 58.3 Å². The van der Waals surface area contributed by atoms with Crippen LogP contribution in [0.15, 0.2) is 30.5 Å². The summed E-state index contributed by atoms with van der Waals surface area (Å²) in [6, 6.07) is 6.08. The van der Waals surface area contributed by atoms with Gasteiger partial charge in [-0.1, -0.05) is 23.7 Å². The lowest BCUT2D eigenvalue weighted by molar-refractivity contribution is -0.0569. The Hall–Kier alpha value is -3.04. The van der Waals surface area contributed by atoms with E-state index in [0.29, 0.717) is 35.4 Å². The molecule has 0 unspecified atom stereocenters. The minimum atomic E-state index is -0.605. The van der Waals surface area contributed by atoms with E-state index in [1.807, 2.05) is 23.6 Å². The molecule has 2 bridgehead atoms. The van der Waals surface area contributed by atoms with Gasteiger partial charge in [-0.3, -0.25) is 4.79 Å². The zero-order valence-corrected chi connectivity index (χ0v) is 17.6. The van der Waals surface area contributed by atoms with Crippen molar-refractivity contribution in [3.8, 4) is 17.3 Å². The van der Waals surface area contributed by atoms with Gasteiger partial charge in [0, 0.05) is 18.8 Å². The summed E-state index contributed by atoms with van der Waals surface area (Å²) in [4.78, 5) is 19.4. The number of aromatic nitrogens is 4. The van der Waals surface area contributed by atoms with E-state index in [1.54, 1.807) is 11.0 Å². The van der Waals surface area contributed by atoms with Crippen LogP contribution < -0.4 is 4.74 Å². The molecule has 1 aromatic carbocycles. The van der Waals surface area contributed by atoms with Crippen LogP contribution in [0, 0.1) is 12.7 Å². The number of amides is 1. The molecule has 2 atom stereocenters. The SMILES string of the molecule is COc1ccnc(-c2nnc3n2C[C@@H]2COC[C@H]3N2C(=O)c2cccc(C)c2Cl)c1F. The van der Waals surface area contributed by atoms with Gasteiger partial charge in [-0.05, 0) is 18.6 Å². The van der Waals surface area contributed by atoms with E-state index in [4.69, 9.17) is 21.1 Å². The third-order valence-electron chi connectivity index (χ3n) is 5.73. The molecule has 8 nitrogen and oxygen atoms in total. The number of carbonyl (C=O) groups excluding carboxylic acids is 1. The predicted octanol–water partition coefficient (Wildman–Crippen LogP) is 3.05. The van der Waals surface area contributed by atoms with Gasteiger partial charge in [0.2, 0.25) is 0 Å². The fourth-order valence-electron chi connectivity index (χ4n) is 4.20. The van der Waals surface area contributed by atoms with Crippen LogP contribution in [0.1, 0.15) is 27.8 Å². The zero-order chi connectivity index (χ0) is 21.7. The van der Waals surface area contributed by atoms with Crippen molar-refractivity contribution in [2.24, 2.45) is 0 Å². The third-order valence-corrected chi connectivity index (χ3v) is 6.23. The van der Waals surface area contributed by atoms with Crippen molar-refractivity contribution < 1.29 is 18.7 Å². The first-order valence-electron chi connectivity index (χ1n) is 9.78. The topological polar surface area (TPSA) is 82.4 Å². The number of pyridine rings is 1. The van der Waals surface area contributed by atoms with Crippen molar-refractivity contribution >= 4 is 17.5 Å². The lowest BCUT2D eigenvalue weighted by atomic mass is 10.0. The van der Waals surface area contributed by atoms with E-state index in [9.17, 15) is 9.18 Å². The molecule has 5 rings (SSSR count). The summed E-state index contributed by atoms with van der Waals surface area (Å²) >= 11 is 6.42. The summed E-state index contributed by atoms with van der Waals surface area (Å²) in [7, 11) is 1.39. The highest BCUT2D eigenvalue weighted by Gasteiger charge is 2.44. The number of aryl methyl sites for hydroxylation is 1. The fraction of sp³-hybridized carbons (Fsp3) is 0.333. The van der Waals surface area contributed by atoms with Crippen LogP contribution in [0.2, 0.25) is 5.02 Å². The molecular formula is C21H19ClFN5O3. The molecule has 2 aromatic heterocycles. The van der Waals surface area contributed by atoms with E-state index in [0.717, 1.165) is 5.56 Å². The first-order chi connectivity index (χ1) is 15.0. The molecule has 1 fully saturated rings. The van der Waals surface area contributed by atoms with Crippen molar-refractivity contribution in [1.29, 1.82) is 0 Å². The monoisotopic (exact) mass is 443 g/mol. The average molecular weight is 444 g/mol. The number of rotatable bonds is 3. The van der Waals surface area contributed by atoms with E-state index in [-0.39, 0.29) is 30.0 Å². The number of morpholine rings is 1. The maximum atomic E-state index is 14.8. The molecule has 160 valence electrons. The predicted molar refractivity (Wildman–Crippen MR) is 109 cm³/mol. The van der Waals surface area contributed by atoms with Gasteiger partial charge in [0.25, 0.3) is 5.91 Å². The molecule has 0 radical (unpaired) electrons. The number of nitrogens with zero attached hydrogens (tertiary/aromatic N) is 5. The van der Waals surface area contributed by atoms with Gasteiger partial charge in [0.05, 0.1) is 37.0 Å². The van der Waals surface area contributed by atoms with Crippen molar-refractivity contribution in [3.63, 3.8) is 0 Å². The Morgan fingerprint density at radius 3 is 2.94 bits per heavy atom. The van der Waals surface area contributed by atoms with Crippen molar-refractivity contribution in [1.82, 2.24) is 24.6 Å². The summed E-state index contributed by atoms with van der Waals surface area (Å²) in [6.07, 6.45) is 1.46. The Bertz CT molecular complexity index is 1180. The maximum absolute atomic E-state index is 14.8. The Morgan fingerprint density at radius 1 is 1.29 bits per heavy atom.